The molecule has 2 rings (SSSR count). The monoisotopic (exact) mass is 271 g/mol. The predicted molar refractivity (Wildman–Crippen MR) is 72.9 cm³/mol. The molecule has 1 unspecified atom stereocenters. The summed E-state index contributed by atoms with van der Waals surface area (Å²) >= 11 is 0. The van der Waals surface area contributed by atoms with E-state index >= 15 is 0 Å². The third-order valence-corrected chi connectivity index (χ3v) is 2.72. The standard InChI is InChI=1S/C14H13N3O3/c1-9(14(19)20)13(18)17-11-7-15-12(16-8-11)10-5-3-2-4-6-10/h2-9H,1H3,(H,17,18)(H,19,20). The molecule has 0 bridgehead atoms. The molecule has 1 atom stereocenters. The van der Waals surface area contributed by atoms with Gasteiger partial charge in [-0.15, -0.1) is 0 Å². The smallest absolute Gasteiger partial charge is 0.315 e. The zero-order valence-corrected chi connectivity index (χ0v) is 10.8. The van der Waals surface area contributed by atoms with Gasteiger partial charge >= 0.3 is 5.97 Å². The molecule has 1 aromatic carbocycles. The quantitative estimate of drug-likeness (QED) is 0.827. The Labute approximate surface area is 115 Å². The van der Waals surface area contributed by atoms with Crippen LogP contribution in [0.5, 0.6) is 0 Å². The molecule has 102 valence electrons. The fourth-order valence-corrected chi connectivity index (χ4v) is 1.49. The molecule has 0 saturated heterocycles. The van der Waals surface area contributed by atoms with Crippen molar-refractivity contribution in [3.63, 3.8) is 0 Å². The van der Waals surface area contributed by atoms with Gasteiger partial charge in [-0.05, 0) is 6.92 Å². The lowest BCUT2D eigenvalue weighted by Gasteiger charge is -2.08. The molecule has 2 N–H and O–H groups in total. The number of nitrogens with zero attached hydrogens (tertiary/aromatic N) is 2. The van der Waals surface area contributed by atoms with E-state index in [4.69, 9.17) is 5.11 Å². The van der Waals surface area contributed by atoms with Crippen molar-refractivity contribution in [3.8, 4) is 11.4 Å². The number of aromatic nitrogens is 2. The van der Waals surface area contributed by atoms with Crippen molar-refractivity contribution in [2.75, 3.05) is 5.32 Å². The first kappa shape index (κ1) is 13.7. The van der Waals surface area contributed by atoms with Crippen LogP contribution in [0.2, 0.25) is 0 Å². The lowest BCUT2D eigenvalue weighted by atomic mass is 10.1. The number of carbonyl (C=O) groups excluding carboxylic acids is 1. The first-order chi connectivity index (χ1) is 9.58. The van der Waals surface area contributed by atoms with E-state index < -0.39 is 17.8 Å². The van der Waals surface area contributed by atoms with Crippen LogP contribution in [-0.2, 0) is 9.59 Å². The number of benzene rings is 1. The molecule has 0 fully saturated rings. The molecule has 0 aliphatic carbocycles. The Morgan fingerprint density at radius 1 is 1.15 bits per heavy atom. The summed E-state index contributed by atoms with van der Waals surface area (Å²) in [6, 6.07) is 9.40. The summed E-state index contributed by atoms with van der Waals surface area (Å²) < 4.78 is 0. The van der Waals surface area contributed by atoms with Gasteiger partial charge in [-0.3, -0.25) is 9.59 Å². The Morgan fingerprint density at radius 3 is 2.30 bits per heavy atom. The zero-order chi connectivity index (χ0) is 14.5. The summed E-state index contributed by atoms with van der Waals surface area (Å²) in [6.07, 6.45) is 2.89. The summed E-state index contributed by atoms with van der Waals surface area (Å²) in [5, 5.41) is 11.2. The largest absolute Gasteiger partial charge is 0.481 e. The second-order valence-corrected chi connectivity index (χ2v) is 4.21. The Balaban J connectivity index is 2.09. The van der Waals surface area contributed by atoms with Crippen LogP contribution in [0.3, 0.4) is 0 Å². The molecule has 0 aliphatic rings. The zero-order valence-electron chi connectivity index (χ0n) is 10.8. The third kappa shape index (κ3) is 3.17. The van der Waals surface area contributed by atoms with Gasteiger partial charge in [-0.2, -0.15) is 0 Å². The fourth-order valence-electron chi connectivity index (χ4n) is 1.49. The van der Waals surface area contributed by atoms with E-state index in [0.717, 1.165) is 5.56 Å². The number of hydrogen-bond donors (Lipinski definition) is 2. The van der Waals surface area contributed by atoms with Gasteiger partial charge in [-0.25, -0.2) is 9.97 Å². The van der Waals surface area contributed by atoms with Gasteiger partial charge in [0.25, 0.3) is 0 Å². The highest BCUT2D eigenvalue weighted by atomic mass is 16.4. The molecule has 6 heteroatoms. The first-order valence-electron chi connectivity index (χ1n) is 5.99. The number of carboxylic acids is 1. The number of rotatable bonds is 4. The lowest BCUT2D eigenvalue weighted by Crippen LogP contribution is -2.26. The highest BCUT2D eigenvalue weighted by molar-refractivity contribution is 6.03. The fraction of sp³-hybridized carbons (Fsp3) is 0.143. The van der Waals surface area contributed by atoms with Crippen LogP contribution in [-0.4, -0.2) is 27.0 Å². The third-order valence-electron chi connectivity index (χ3n) is 2.72. The molecule has 2 aromatic rings. The van der Waals surface area contributed by atoms with Crippen LogP contribution in [0, 0.1) is 5.92 Å². The van der Waals surface area contributed by atoms with Gasteiger partial charge < -0.3 is 10.4 Å². The van der Waals surface area contributed by atoms with Crippen molar-refractivity contribution in [2.45, 2.75) is 6.92 Å². The van der Waals surface area contributed by atoms with Gasteiger partial charge in [0.1, 0.15) is 5.92 Å². The number of anilines is 1. The number of hydrogen-bond acceptors (Lipinski definition) is 4. The first-order valence-corrected chi connectivity index (χ1v) is 5.99. The minimum atomic E-state index is -1.18. The molecule has 20 heavy (non-hydrogen) atoms. The summed E-state index contributed by atoms with van der Waals surface area (Å²) in [7, 11) is 0. The maximum absolute atomic E-state index is 11.6. The summed E-state index contributed by atoms with van der Waals surface area (Å²) in [5.41, 5.74) is 1.23. The van der Waals surface area contributed by atoms with Gasteiger partial charge in [-0.1, -0.05) is 30.3 Å². The number of aliphatic carboxylic acids is 1. The van der Waals surface area contributed by atoms with Crippen molar-refractivity contribution in [1.29, 1.82) is 0 Å². The van der Waals surface area contributed by atoms with Crippen molar-refractivity contribution >= 4 is 17.6 Å². The van der Waals surface area contributed by atoms with Gasteiger partial charge in [0, 0.05) is 5.56 Å². The van der Waals surface area contributed by atoms with Crippen LogP contribution in [0.4, 0.5) is 5.69 Å². The van der Waals surface area contributed by atoms with Crippen LogP contribution in [0.1, 0.15) is 6.92 Å². The topological polar surface area (TPSA) is 92.2 Å². The van der Waals surface area contributed by atoms with E-state index in [9.17, 15) is 9.59 Å². The minimum absolute atomic E-state index is 0.364. The average molecular weight is 271 g/mol. The second kappa shape index (κ2) is 5.92. The van der Waals surface area contributed by atoms with E-state index in [2.05, 4.69) is 15.3 Å². The minimum Gasteiger partial charge on any atom is -0.481 e. The van der Waals surface area contributed by atoms with Crippen LogP contribution in [0.25, 0.3) is 11.4 Å². The van der Waals surface area contributed by atoms with Crippen molar-refractivity contribution in [1.82, 2.24) is 9.97 Å². The van der Waals surface area contributed by atoms with E-state index in [0.29, 0.717) is 11.5 Å². The lowest BCUT2D eigenvalue weighted by molar-refractivity contribution is -0.144. The van der Waals surface area contributed by atoms with E-state index in [1.165, 1.54) is 19.3 Å². The van der Waals surface area contributed by atoms with E-state index in [-0.39, 0.29) is 0 Å². The van der Waals surface area contributed by atoms with Crippen molar-refractivity contribution in [3.05, 3.63) is 42.7 Å². The number of carboxylic acid groups (broad SMARTS) is 1. The highest BCUT2D eigenvalue weighted by Gasteiger charge is 2.20. The molecule has 1 heterocycles. The summed E-state index contributed by atoms with van der Waals surface area (Å²) in [4.78, 5) is 30.5. The summed E-state index contributed by atoms with van der Waals surface area (Å²) in [5.74, 6) is -2.36. The Kier molecular flexibility index (Phi) is 4.05. The molecular weight excluding hydrogens is 258 g/mol. The maximum atomic E-state index is 11.6. The molecule has 0 spiro atoms. The Bertz CT molecular complexity index is 611. The molecule has 0 saturated carbocycles. The SMILES string of the molecule is CC(C(=O)O)C(=O)Nc1cnc(-c2ccccc2)nc1. The Hall–Kier alpha value is -2.76. The molecule has 1 amide bonds. The molecular formula is C14H13N3O3. The molecule has 0 radical (unpaired) electrons. The van der Waals surface area contributed by atoms with Crippen LogP contribution in [0.15, 0.2) is 42.7 Å². The van der Waals surface area contributed by atoms with Crippen molar-refractivity contribution < 1.29 is 14.7 Å². The van der Waals surface area contributed by atoms with Crippen LogP contribution >= 0.6 is 0 Å². The number of nitrogens with one attached hydrogen (secondary N) is 1. The van der Waals surface area contributed by atoms with Gasteiger partial charge in [0.05, 0.1) is 18.1 Å². The van der Waals surface area contributed by atoms with Crippen molar-refractivity contribution in [2.24, 2.45) is 5.92 Å². The van der Waals surface area contributed by atoms with Gasteiger partial charge in [0.2, 0.25) is 5.91 Å². The highest BCUT2D eigenvalue weighted by Crippen LogP contribution is 2.15. The average Bonchev–Trinajstić information content (AvgIpc) is 2.48. The molecule has 1 aromatic heterocycles. The summed E-state index contributed by atoms with van der Waals surface area (Å²) in [6.45, 7) is 1.32. The Morgan fingerprint density at radius 2 is 1.75 bits per heavy atom. The maximum Gasteiger partial charge on any atom is 0.315 e. The van der Waals surface area contributed by atoms with E-state index in [1.807, 2.05) is 30.3 Å². The van der Waals surface area contributed by atoms with E-state index in [1.54, 1.807) is 0 Å². The van der Waals surface area contributed by atoms with Gasteiger partial charge in [0.15, 0.2) is 5.82 Å². The molecule has 0 aliphatic heterocycles. The second-order valence-electron chi connectivity index (χ2n) is 4.21. The number of carbonyl (C=O) groups is 2. The normalized spacial score (nSPS) is 11.7. The predicted octanol–water partition coefficient (Wildman–Crippen LogP) is 1.80. The number of amides is 1. The van der Waals surface area contributed by atoms with Crippen LogP contribution < -0.4 is 5.32 Å². The molecule has 6 nitrogen and oxygen atoms in total.